The number of nitrogens with one attached hydrogen (secondary N) is 1. The fourth-order valence-corrected chi connectivity index (χ4v) is 3.40. The van der Waals surface area contributed by atoms with Crippen molar-refractivity contribution in [2.75, 3.05) is 13.1 Å². The molecule has 1 unspecified atom stereocenters. The standard InChI is InChI=1S/C23H29N3O2/c1-16(2)18-9-11-19(12-10-18)21(24)14-25-23(28)20-7-5-17(6-8-20)15-26-13-3-4-22(26)27/h5-12,16,21H,3-4,13-15,24H2,1-2H3,(H,25,28). The number of amides is 2. The summed E-state index contributed by atoms with van der Waals surface area (Å²) >= 11 is 0. The van der Waals surface area contributed by atoms with Gasteiger partial charge in [-0.05, 0) is 41.2 Å². The first-order valence-electron chi connectivity index (χ1n) is 9.94. The van der Waals surface area contributed by atoms with Crippen molar-refractivity contribution in [3.8, 4) is 0 Å². The summed E-state index contributed by atoms with van der Waals surface area (Å²) in [5.74, 6) is 0.548. The van der Waals surface area contributed by atoms with Crippen LogP contribution in [-0.2, 0) is 11.3 Å². The molecule has 2 aromatic carbocycles. The third kappa shape index (κ3) is 4.98. The van der Waals surface area contributed by atoms with Crippen LogP contribution >= 0.6 is 0 Å². The van der Waals surface area contributed by atoms with Gasteiger partial charge in [-0.15, -0.1) is 0 Å². The third-order valence-corrected chi connectivity index (χ3v) is 5.27. The second-order valence-electron chi connectivity index (χ2n) is 7.75. The number of nitrogens with two attached hydrogens (primary N) is 1. The smallest absolute Gasteiger partial charge is 0.251 e. The van der Waals surface area contributed by atoms with Crippen LogP contribution in [0.15, 0.2) is 48.5 Å². The number of nitrogens with zero attached hydrogens (tertiary/aromatic N) is 1. The molecule has 3 rings (SSSR count). The Morgan fingerprint density at radius 1 is 1.07 bits per heavy atom. The fraction of sp³-hybridized carbons (Fsp3) is 0.391. The van der Waals surface area contributed by atoms with E-state index in [-0.39, 0.29) is 17.9 Å². The average Bonchev–Trinajstić information content (AvgIpc) is 3.11. The van der Waals surface area contributed by atoms with E-state index in [1.165, 1.54) is 5.56 Å². The maximum Gasteiger partial charge on any atom is 0.251 e. The summed E-state index contributed by atoms with van der Waals surface area (Å²) < 4.78 is 0. The highest BCUT2D eigenvalue weighted by Crippen LogP contribution is 2.18. The minimum atomic E-state index is -0.245. The van der Waals surface area contributed by atoms with Gasteiger partial charge >= 0.3 is 0 Å². The van der Waals surface area contributed by atoms with Crippen LogP contribution in [-0.4, -0.2) is 29.8 Å². The summed E-state index contributed by atoms with van der Waals surface area (Å²) in [5.41, 5.74) is 10.1. The highest BCUT2D eigenvalue weighted by molar-refractivity contribution is 5.94. The fourth-order valence-electron chi connectivity index (χ4n) is 3.40. The first kappa shape index (κ1) is 20.1. The van der Waals surface area contributed by atoms with E-state index in [1.807, 2.05) is 29.2 Å². The van der Waals surface area contributed by atoms with E-state index < -0.39 is 0 Å². The molecule has 1 fully saturated rings. The summed E-state index contributed by atoms with van der Waals surface area (Å²) in [4.78, 5) is 26.0. The van der Waals surface area contributed by atoms with Crippen LogP contribution in [0.5, 0.6) is 0 Å². The number of likely N-dealkylation sites (tertiary alicyclic amines) is 1. The molecule has 1 atom stereocenters. The van der Waals surface area contributed by atoms with Crippen LogP contribution in [0.4, 0.5) is 0 Å². The van der Waals surface area contributed by atoms with Crippen molar-refractivity contribution in [1.29, 1.82) is 0 Å². The first-order chi connectivity index (χ1) is 13.4. The Morgan fingerprint density at radius 2 is 1.71 bits per heavy atom. The summed E-state index contributed by atoms with van der Waals surface area (Å²) in [6.07, 6.45) is 1.57. The third-order valence-electron chi connectivity index (χ3n) is 5.27. The molecule has 0 saturated carbocycles. The molecule has 1 saturated heterocycles. The lowest BCUT2D eigenvalue weighted by Gasteiger charge is -2.16. The molecule has 2 amide bonds. The van der Waals surface area contributed by atoms with Gasteiger partial charge in [-0.2, -0.15) is 0 Å². The average molecular weight is 380 g/mol. The minimum Gasteiger partial charge on any atom is -0.350 e. The highest BCUT2D eigenvalue weighted by Gasteiger charge is 2.20. The van der Waals surface area contributed by atoms with E-state index in [2.05, 4.69) is 31.3 Å². The maximum atomic E-state index is 12.4. The lowest BCUT2D eigenvalue weighted by Crippen LogP contribution is -2.32. The highest BCUT2D eigenvalue weighted by atomic mass is 16.2. The normalized spacial score (nSPS) is 15.1. The van der Waals surface area contributed by atoms with Crippen molar-refractivity contribution in [3.05, 3.63) is 70.8 Å². The van der Waals surface area contributed by atoms with Gasteiger partial charge in [0, 0.05) is 37.7 Å². The molecule has 28 heavy (non-hydrogen) atoms. The molecule has 0 aromatic heterocycles. The van der Waals surface area contributed by atoms with Crippen LogP contribution in [0, 0.1) is 0 Å². The van der Waals surface area contributed by atoms with Crippen LogP contribution in [0.3, 0.4) is 0 Å². The number of hydrogen-bond donors (Lipinski definition) is 2. The topological polar surface area (TPSA) is 75.4 Å². The summed E-state index contributed by atoms with van der Waals surface area (Å²) in [6, 6.07) is 15.4. The Morgan fingerprint density at radius 3 is 2.29 bits per heavy atom. The number of rotatable bonds is 7. The Hall–Kier alpha value is -2.66. The van der Waals surface area contributed by atoms with Gasteiger partial charge in [0.15, 0.2) is 0 Å². The molecule has 1 aliphatic rings. The van der Waals surface area contributed by atoms with Gasteiger partial charge in [-0.3, -0.25) is 9.59 Å². The Kier molecular flexibility index (Phi) is 6.47. The molecule has 5 heteroatoms. The Labute approximate surface area is 166 Å². The number of benzene rings is 2. The molecule has 148 valence electrons. The Balaban J connectivity index is 1.52. The van der Waals surface area contributed by atoms with E-state index in [4.69, 9.17) is 5.73 Å². The van der Waals surface area contributed by atoms with Crippen molar-refractivity contribution in [2.45, 2.75) is 45.2 Å². The summed E-state index contributed by atoms with van der Waals surface area (Å²) in [7, 11) is 0. The van der Waals surface area contributed by atoms with E-state index in [0.717, 1.165) is 24.1 Å². The van der Waals surface area contributed by atoms with E-state index in [9.17, 15) is 9.59 Å². The van der Waals surface area contributed by atoms with Crippen molar-refractivity contribution in [1.82, 2.24) is 10.2 Å². The molecule has 2 aromatic rings. The van der Waals surface area contributed by atoms with Gasteiger partial charge in [-0.25, -0.2) is 0 Å². The number of carbonyl (C=O) groups excluding carboxylic acids is 2. The molecular weight excluding hydrogens is 350 g/mol. The van der Waals surface area contributed by atoms with E-state index >= 15 is 0 Å². The van der Waals surface area contributed by atoms with Crippen molar-refractivity contribution in [2.24, 2.45) is 5.73 Å². The minimum absolute atomic E-state index is 0.141. The van der Waals surface area contributed by atoms with Gasteiger partial charge < -0.3 is 16.0 Å². The predicted octanol–water partition coefficient (Wildman–Crippen LogP) is 3.36. The zero-order valence-corrected chi connectivity index (χ0v) is 16.7. The van der Waals surface area contributed by atoms with E-state index in [1.54, 1.807) is 12.1 Å². The molecule has 0 spiro atoms. The van der Waals surface area contributed by atoms with Crippen LogP contribution in [0.1, 0.15) is 65.7 Å². The molecule has 3 N–H and O–H groups in total. The maximum absolute atomic E-state index is 12.4. The van der Waals surface area contributed by atoms with Gasteiger partial charge in [0.25, 0.3) is 5.91 Å². The van der Waals surface area contributed by atoms with E-state index in [0.29, 0.717) is 31.0 Å². The molecule has 0 bridgehead atoms. The second kappa shape index (κ2) is 9.02. The van der Waals surface area contributed by atoms with Gasteiger partial charge in [0.2, 0.25) is 5.91 Å². The molecule has 5 nitrogen and oxygen atoms in total. The molecular formula is C23H29N3O2. The molecule has 1 heterocycles. The quantitative estimate of drug-likeness (QED) is 0.774. The van der Waals surface area contributed by atoms with Gasteiger partial charge in [0.1, 0.15) is 0 Å². The van der Waals surface area contributed by atoms with Crippen molar-refractivity contribution < 1.29 is 9.59 Å². The number of hydrogen-bond acceptors (Lipinski definition) is 3. The molecule has 1 aliphatic heterocycles. The van der Waals surface area contributed by atoms with Gasteiger partial charge in [-0.1, -0.05) is 50.2 Å². The van der Waals surface area contributed by atoms with Crippen LogP contribution < -0.4 is 11.1 Å². The summed E-state index contributed by atoms with van der Waals surface area (Å²) in [5, 5.41) is 2.91. The lowest BCUT2D eigenvalue weighted by atomic mass is 9.99. The Bertz CT molecular complexity index is 813. The zero-order chi connectivity index (χ0) is 20.1. The number of carbonyl (C=O) groups is 2. The SMILES string of the molecule is CC(C)c1ccc(C(N)CNC(=O)c2ccc(CN3CCCC3=O)cc2)cc1. The second-order valence-corrected chi connectivity index (χ2v) is 7.75. The first-order valence-corrected chi connectivity index (χ1v) is 9.94. The molecule has 0 radical (unpaired) electrons. The largest absolute Gasteiger partial charge is 0.350 e. The van der Waals surface area contributed by atoms with Crippen LogP contribution in [0.2, 0.25) is 0 Å². The van der Waals surface area contributed by atoms with Crippen molar-refractivity contribution >= 4 is 11.8 Å². The monoisotopic (exact) mass is 379 g/mol. The summed E-state index contributed by atoms with van der Waals surface area (Å²) in [6.45, 7) is 6.12. The van der Waals surface area contributed by atoms with Gasteiger partial charge in [0.05, 0.1) is 0 Å². The zero-order valence-electron chi connectivity index (χ0n) is 16.7. The predicted molar refractivity (Wildman–Crippen MR) is 111 cm³/mol. The van der Waals surface area contributed by atoms with Crippen LogP contribution in [0.25, 0.3) is 0 Å². The molecule has 0 aliphatic carbocycles. The lowest BCUT2D eigenvalue weighted by molar-refractivity contribution is -0.128. The van der Waals surface area contributed by atoms with Crippen molar-refractivity contribution in [3.63, 3.8) is 0 Å².